The minimum absolute atomic E-state index is 0.226. The highest BCUT2D eigenvalue weighted by molar-refractivity contribution is 5.81. The molecule has 1 N–H and O–H groups in total. The Morgan fingerprint density at radius 2 is 1.57 bits per heavy atom. The van der Waals surface area contributed by atoms with Gasteiger partial charge in [-0.05, 0) is 48.1 Å². The van der Waals surface area contributed by atoms with Gasteiger partial charge in [0.1, 0.15) is 0 Å². The molecule has 2 aromatic rings. The largest absolute Gasteiger partial charge is 0.456 e. The van der Waals surface area contributed by atoms with Crippen LogP contribution < -0.4 is 5.32 Å². The first-order valence-electron chi connectivity index (χ1n) is 10.2. The minimum atomic E-state index is -0.279. The minimum Gasteiger partial charge on any atom is -0.456 e. The number of carbonyl (C=O) groups is 2. The zero-order chi connectivity index (χ0) is 19.3. The van der Waals surface area contributed by atoms with Crippen molar-refractivity contribution in [2.24, 2.45) is 17.8 Å². The lowest BCUT2D eigenvalue weighted by Gasteiger charge is -2.21. The van der Waals surface area contributed by atoms with Gasteiger partial charge in [0.2, 0.25) is 0 Å². The molecule has 2 saturated carbocycles. The van der Waals surface area contributed by atoms with Crippen molar-refractivity contribution < 1.29 is 14.3 Å². The monoisotopic (exact) mass is 377 g/mol. The summed E-state index contributed by atoms with van der Waals surface area (Å²) in [6.45, 7) is -0.226. The molecule has 0 unspecified atom stereocenters. The standard InChI is InChI=1S/C24H27NO3/c26-22(16-28-23(27)15-21-14-17-11-12-20(21)13-17)25-24(18-7-3-1-4-8-18)19-9-5-2-6-10-19/h1-10,17,20-21,24H,11-16H2,(H,25,26)/t17-,20+,21+/m0/s1. The molecule has 1 amide bonds. The van der Waals surface area contributed by atoms with E-state index in [0.717, 1.165) is 23.5 Å². The van der Waals surface area contributed by atoms with E-state index in [-0.39, 0.29) is 24.5 Å². The van der Waals surface area contributed by atoms with Gasteiger partial charge in [-0.1, -0.05) is 67.1 Å². The van der Waals surface area contributed by atoms with Crippen LogP contribution in [0.3, 0.4) is 0 Å². The van der Waals surface area contributed by atoms with E-state index in [9.17, 15) is 9.59 Å². The Bertz CT molecular complexity index is 766. The molecule has 3 atom stereocenters. The lowest BCUT2D eigenvalue weighted by molar-refractivity contribution is -0.150. The van der Waals surface area contributed by atoms with Gasteiger partial charge in [0.25, 0.3) is 5.91 Å². The highest BCUT2D eigenvalue weighted by Crippen LogP contribution is 2.49. The Kier molecular flexibility index (Phi) is 5.75. The number of carbonyl (C=O) groups excluding carboxylic acids is 2. The van der Waals surface area contributed by atoms with Crippen LogP contribution in [0.2, 0.25) is 0 Å². The SMILES string of the molecule is O=C(COC(=O)C[C@H]1C[C@H]2CC[C@@H]1C2)NC(c1ccccc1)c1ccccc1. The van der Waals surface area contributed by atoms with Crippen molar-refractivity contribution in [2.45, 2.75) is 38.1 Å². The maximum absolute atomic E-state index is 12.5. The molecule has 4 rings (SSSR count). The van der Waals surface area contributed by atoms with Gasteiger partial charge in [-0.25, -0.2) is 0 Å². The fraction of sp³-hybridized carbons (Fsp3) is 0.417. The van der Waals surface area contributed by atoms with E-state index < -0.39 is 0 Å². The maximum Gasteiger partial charge on any atom is 0.306 e. The Balaban J connectivity index is 1.32. The summed E-state index contributed by atoms with van der Waals surface area (Å²) in [7, 11) is 0. The van der Waals surface area contributed by atoms with Gasteiger partial charge in [0.05, 0.1) is 6.04 Å². The average molecular weight is 377 g/mol. The lowest BCUT2D eigenvalue weighted by atomic mass is 9.86. The van der Waals surface area contributed by atoms with Crippen molar-refractivity contribution in [1.29, 1.82) is 0 Å². The summed E-state index contributed by atoms with van der Waals surface area (Å²) < 4.78 is 5.30. The van der Waals surface area contributed by atoms with E-state index in [1.165, 1.54) is 19.3 Å². The van der Waals surface area contributed by atoms with E-state index in [4.69, 9.17) is 4.74 Å². The van der Waals surface area contributed by atoms with Crippen molar-refractivity contribution in [3.63, 3.8) is 0 Å². The summed E-state index contributed by atoms with van der Waals surface area (Å²) in [6, 6.07) is 19.4. The molecule has 4 heteroatoms. The molecule has 0 aromatic heterocycles. The molecule has 2 aromatic carbocycles. The van der Waals surface area contributed by atoms with Crippen molar-refractivity contribution in [3.8, 4) is 0 Å². The molecule has 0 aliphatic heterocycles. The van der Waals surface area contributed by atoms with Gasteiger partial charge < -0.3 is 10.1 Å². The molecular weight excluding hydrogens is 350 g/mol. The van der Waals surface area contributed by atoms with Crippen LogP contribution in [0, 0.1) is 17.8 Å². The second kappa shape index (κ2) is 8.59. The van der Waals surface area contributed by atoms with Gasteiger partial charge in [0, 0.05) is 6.42 Å². The number of nitrogens with one attached hydrogen (secondary N) is 1. The van der Waals surface area contributed by atoms with Crippen LogP contribution in [-0.4, -0.2) is 18.5 Å². The quantitative estimate of drug-likeness (QED) is 0.734. The van der Waals surface area contributed by atoms with Crippen LogP contribution in [0.4, 0.5) is 0 Å². The number of amides is 1. The second-order valence-corrected chi connectivity index (χ2v) is 8.12. The van der Waals surface area contributed by atoms with E-state index in [1.54, 1.807) is 0 Å². The first-order valence-corrected chi connectivity index (χ1v) is 10.2. The summed E-state index contributed by atoms with van der Waals surface area (Å²) in [5.74, 6) is 1.42. The van der Waals surface area contributed by atoms with Crippen LogP contribution in [-0.2, 0) is 14.3 Å². The Morgan fingerprint density at radius 1 is 0.929 bits per heavy atom. The van der Waals surface area contributed by atoms with E-state index in [2.05, 4.69) is 5.32 Å². The molecule has 28 heavy (non-hydrogen) atoms. The summed E-state index contributed by atoms with van der Waals surface area (Å²) in [5, 5.41) is 3.01. The Morgan fingerprint density at radius 3 is 2.11 bits per heavy atom. The van der Waals surface area contributed by atoms with Crippen LogP contribution in [0.5, 0.6) is 0 Å². The topological polar surface area (TPSA) is 55.4 Å². The average Bonchev–Trinajstić information content (AvgIpc) is 3.35. The first kappa shape index (κ1) is 18.7. The van der Waals surface area contributed by atoms with Crippen molar-refractivity contribution in [3.05, 3.63) is 71.8 Å². The number of fused-ring (bicyclic) bond motifs is 2. The molecule has 0 saturated heterocycles. The number of rotatable bonds is 7. The van der Waals surface area contributed by atoms with Crippen molar-refractivity contribution in [2.75, 3.05) is 6.61 Å². The van der Waals surface area contributed by atoms with E-state index >= 15 is 0 Å². The zero-order valence-corrected chi connectivity index (χ0v) is 16.1. The number of benzene rings is 2. The summed E-state index contributed by atoms with van der Waals surface area (Å²) in [6.07, 6.45) is 5.44. The fourth-order valence-corrected chi connectivity index (χ4v) is 4.90. The molecule has 4 nitrogen and oxygen atoms in total. The predicted molar refractivity (Wildman–Crippen MR) is 107 cm³/mol. The second-order valence-electron chi connectivity index (χ2n) is 8.12. The maximum atomic E-state index is 12.5. The summed E-state index contributed by atoms with van der Waals surface area (Å²) in [5.41, 5.74) is 1.99. The van der Waals surface area contributed by atoms with Crippen LogP contribution in [0.15, 0.2) is 60.7 Å². The molecular formula is C24H27NO3. The van der Waals surface area contributed by atoms with Gasteiger partial charge >= 0.3 is 5.97 Å². The highest BCUT2D eigenvalue weighted by Gasteiger charge is 2.40. The van der Waals surface area contributed by atoms with E-state index in [1.807, 2.05) is 60.7 Å². The Hall–Kier alpha value is -2.62. The third kappa shape index (κ3) is 4.44. The fourth-order valence-electron chi connectivity index (χ4n) is 4.90. The molecule has 146 valence electrons. The summed E-state index contributed by atoms with van der Waals surface area (Å²) in [4.78, 5) is 24.7. The predicted octanol–water partition coefficient (Wildman–Crippen LogP) is 4.26. The number of hydrogen-bond acceptors (Lipinski definition) is 3. The number of hydrogen-bond donors (Lipinski definition) is 1. The lowest BCUT2D eigenvalue weighted by Crippen LogP contribution is -2.33. The molecule has 0 spiro atoms. The zero-order valence-electron chi connectivity index (χ0n) is 16.1. The van der Waals surface area contributed by atoms with Gasteiger partial charge in [0.15, 0.2) is 6.61 Å². The number of esters is 1. The van der Waals surface area contributed by atoms with Crippen LogP contribution in [0.25, 0.3) is 0 Å². The molecule has 2 aliphatic rings. The third-order valence-corrected chi connectivity index (χ3v) is 6.25. The molecule has 0 radical (unpaired) electrons. The van der Waals surface area contributed by atoms with Crippen molar-refractivity contribution >= 4 is 11.9 Å². The normalized spacial score (nSPS) is 23.0. The van der Waals surface area contributed by atoms with Crippen molar-refractivity contribution in [1.82, 2.24) is 5.32 Å². The molecule has 2 aliphatic carbocycles. The first-order chi connectivity index (χ1) is 13.7. The van der Waals surface area contributed by atoms with Crippen LogP contribution in [0.1, 0.15) is 49.3 Å². The van der Waals surface area contributed by atoms with Gasteiger partial charge in [-0.15, -0.1) is 0 Å². The molecule has 2 bridgehead atoms. The number of ether oxygens (including phenoxy) is 1. The third-order valence-electron chi connectivity index (χ3n) is 6.25. The molecule has 2 fully saturated rings. The van der Waals surface area contributed by atoms with Gasteiger partial charge in [-0.3, -0.25) is 9.59 Å². The van der Waals surface area contributed by atoms with Crippen LogP contribution >= 0.6 is 0 Å². The summed E-state index contributed by atoms with van der Waals surface area (Å²) >= 11 is 0. The Labute approximate surface area is 166 Å². The highest BCUT2D eigenvalue weighted by atomic mass is 16.5. The van der Waals surface area contributed by atoms with E-state index in [0.29, 0.717) is 18.3 Å². The molecule has 0 heterocycles. The van der Waals surface area contributed by atoms with Gasteiger partial charge in [-0.2, -0.15) is 0 Å². The smallest absolute Gasteiger partial charge is 0.306 e.